The SMILES string of the molecule is CCOS(=N)(=O)c1ccc(C(=O)Nc2ccc(C)c(N(C)C)c2)cc1.CCOS(=N)(=O)c1ccc(C(=O)Nc2ccc(Cl)cc2)cc1.CCOS(=N)(=O)c1ccc(C(=O)Nc2nc(-c3ccccc3)cs2)cc1.CCOS(=N)(=O)c1ccc(NC(=O)Nc2ccc3c(c2)[nH]c(=O)n3CC)cc1. The smallest absolute Gasteiger partial charge is 0.326 e. The van der Waals surface area contributed by atoms with Crippen LogP contribution in [0.5, 0.6) is 0 Å². The molecule has 10 rings (SSSR count). The summed E-state index contributed by atoms with van der Waals surface area (Å²) in [5.74, 6) is -0.895. The number of fused-ring (bicyclic) bond motifs is 1. The van der Waals surface area contributed by atoms with Gasteiger partial charge in [0.1, 0.15) is 0 Å². The van der Waals surface area contributed by atoms with Crippen LogP contribution in [0.15, 0.2) is 218 Å². The van der Waals surface area contributed by atoms with Gasteiger partial charge in [-0.1, -0.05) is 48.0 Å². The van der Waals surface area contributed by atoms with Gasteiger partial charge in [-0.25, -0.2) is 50.5 Å². The Balaban J connectivity index is 0.000000190. The van der Waals surface area contributed by atoms with Gasteiger partial charge >= 0.3 is 11.7 Å². The van der Waals surface area contributed by atoms with Crippen LogP contribution in [0, 0.1) is 26.0 Å². The first-order chi connectivity index (χ1) is 48.0. The van der Waals surface area contributed by atoms with Crippen molar-refractivity contribution in [3.8, 4) is 11.3 Å². The molecule has 0 fully saturated rings. The number of halogens is 1. The molecule has 4 atom stereocenters. The van der Waals surface area contributed by atoms with Crippen molar-refractivity contribution < 1.29 is 52.7 Å². The van der Waals surface area contributed by atoms with E-state index in [-0.39, 0.29) is 69.4 Å². The van der Waals surface area contributed by atoms with Crippen molar-refractivity contribution in [1.29, 1.82) is 19.1 Å². The zero-order valence-electron chi connectivity index (χ0n) is 56.1. The van der Waals surface area contributed by atoms with Crippen molar-refractivity contribution in [1.82, 2.24) is 14.5 Å². The Labute approximate surface area is 595 Å². The Morgan fingerprint density at radius 3 is 1.35 bits per heavy atom. The van der Waals surface area contributed by atoms with Crippen LogP contribution in [0.25, 0.3) is 22.3 Å². The number of H-pyrrole nitrogens is 1. The highest BCUT2D eigenvalue weighted by molar-refractivity contribution is 7.88. The summed E-state index contributed by atoms with van der Waals surface area (Å²) < 4.78 is 100. The maximum Gasteiger partial charge on any atom is 0.326 e. The van der Waals surface area contributed by atoms with Gasteiger partial charge in [-0.2, -0.15) is 0 Å². The van der Waals surface area contributed by atoms with Crippen molar-refractivity contribution in [2.45, 2.75) is 67.7 Å². The molecule has 2 heterocycles. The molecule has 0 saturated heterocycles. The van der Waals surface area contributed by atoms with Crippen molar-refractivity contribution in [2.24, 2.45) is 0 Å². The number of anilines is 6. The number of imidazole rings is 1. The lowest BCUT2D eigenvalue weighted by Crippen LogP contribution is -2.19. The van der Waals surface area contributed by atoms with Gasteiger partial charge in [0.15, 0.2) is 45.2 Å². The van der Waals surface area contributed by atoms with E-state index in [0.717, 1.165) is 28.0 Å². The maximum absolute atomic E-state index is 12.4. The van der Waals surface area contributed by atoms with Crippen molar-refractivity contribution in [3.05, 3.63) is 231 Å². The zero-order chi connectivity index (χ0) is 73.7. The Bertz CT molecular complexity index is 5050. The van der Waals surface area contributed by atoms with Crippen LogP contribution in [0.2, 0.25) is 5.02 Å². The summed E-state index contributed by atoms with van der Waals surface area (Å²) in [4.78, 5) is 71.0. The minimum atomic E-state index is -3.29. The molecule has 532 valence electrons. The first kappa shape index (κ1) is 78.4. The molecule has 101 heavy (non-hydrogen) atoms. The van der Waals surface area contributed by atoms with Gasteiger partial charge in [0, 0.05) is 81.7 Å². The molecule has 0 aliphatic heterocycles. The summed E-state index contributed by atoms with van der Waals surface area (Å²) in [6.07, 6.45) is 0. The number of aromatic nitrogens is 3. The number of amides is 5. The number of hydrogen-bond donors (Lipinski definition) is 10. The molecule has 0 radical (unpaired) electrons. The summed E-state index contributed by atoms with van der Waals surface area (Å²) in [5, 5.41) is 16.6. The maximum atomic E-state index is 12.4. The van der Waals surface area contributed by atoms with Crippen LogP contribution < -0.4 is 37.2 Å². The van der Waals surface area contributed by atoms with E-state index in [9.17, 15) is 40.8 Å². The number of carbonyl (C=O) groups is 4. The van der Waals surface area contributed by atoms with E-state index in [1.165, 1.54) is 84.1 Å². The molecular weight excluding hydrogens is 1410 g/mol. The summed E-state index contributed by atoms with van der Waals surface area (Å²) >= 11 is 7.12. The van der Waals surface area contributed by atoms with Crippen LogP contribution >= 0.6 is 22.9 Å². The normalized spacial score (nSPS) is 13.2. The topological polar surface area (TPSA) is 383 Å². The first-order valence-corrected chi connectivity index (χ1v) is 38.1. The molecular formula is C69H76ClN13O13S5. The van der Waals surface area contributed by atoms with E-state index in [0.29, 0.717) is 61.7 Å². The molecule has 4 unspecified atom stereocenters. The van der Waals surface area contributed by atoms with Gasteiger partial charge in [-0.05, 0) is 199 Å². The molecule has 0 aliphatic carbocycles. The number of nitrogens with one attached hydrogen (secondary N) is 10. The highest BCUT2D eigenvalue weighted by Gasteiger charge is 2.18. The number of carbonyl (C=O) groups excluding carboxylic acids is 4. The number of rotatable bonds is 23. The van der Waals surface area contributed by atoms with Gasteiger partial charge in [-0.15, -0.1) is 11.3 Å². The van der Waals surface area contributed by atoms with Crippen LogP contribution in [-0.4, -0.2) is 95.6 Å². The number of aromatic amines is 1. The molecule has 0 saturated carbocycles. The van der Waals surface area contributed by atoms with Gasteiger partial charge in [0.2, 0.25) is 0 Å². The molecule has 32 heteroatoms. The van der Waals surface area contributed by atoms with Crippen molar-refractivity contribution in [2.75, 3.05) is 72.0 Å². The quantitative estimate of drug-likeness (QED) is 0.0284. The van der Waals surface area contributed by atoms with E-state index < -0.39 is 46.1 Å². The molecule has 0 bridgehead atoms. The molecule has 10 N–H and O–H groups in total. The third-order valence-corrected chi connectivity index (χ3v) is 20.9. The molecule has 8 aromatic carbocycles. The highest BCUT2D eigenvalue weighted by Crippen LogP contribution is 2.28. The summed E-state index contributed by atoms with van der Waals surface area (Å²) in [7, 11) is -9.21. The standard InChI is InChI=1S/C18H21N5O4S.C18H17N3O3S2.C18H23N3O3S.C15H15ClN2O3S/c1-3-23-16-10-7-13(11-15(16)22-18(23)25)21-17(24)20-12-5-8-14(9-6-12)28(19,26)27-4-2;1-2-24-26(19,23)15-10-8-14(9-11-15)17(22)21-18-20-16(12-25-18)13-6-4-3-5-7-13;1-5-24-25(19,23)16-10-7-14(8-11-16)18(22)20-15-9-6-13(2)17(12-15)21(3)4;1-2-21-22(17,20)14-9-3-11(4-10-14)15(19)18-13-7-5-12(16)6-8-13/h5-11,19H,3-4H2,1-2H3,(H,22,25)(H2,20,21,24);3-12,19H,2H2,1H3,(H,20,21,22);6-12,19H,5H2,1-4H3,(H,20,22);3-10,17H,2H2,1H3,(H,18,19). The van der Waals surface area contributed by atoms with Crippen LogP contribution in [-0.2, 0) is 63.3 Å². The molecule has 0 spiro atoms. The molecule has 5 amide bonds. The second-order valence-corrected chi connectivity index (χ2v) is 29.5. The predicted molar refractivity (Wildman–Crippen MR) is 398 cm³/mol. The van der Waals surface area contributed by atoms with E-state index in [4.69, 9.17) is 47.5 Å². The minimum absolute atomic E-state index is 0.169. The third kappa shape index (κ3) is 22.3. The molecule has 26 nitrogen and oxygen atoms in total. The van der Waals surface area contributed by atoms with E-state index >= 15 is 0 Å². The Hall–Kier alpha value is -9.93. The second kappa shape index (κ2) is 35.9. The van der Waals surface area contributed by atoms with Gasteiger partial charge in [0.05, 0.1) is 62.7 Å². The summed E-state index contributed by atoms with van der Waals surface area (Å²) in [6, 6.07) is 50.9. The number of hydrogen-bond acceptors (Lipinski definition) is 20. The van der Waals surface area contributed by atoms with Crippen LogP contribution in [0.1, 0.15) is 71.3 Å². The number of aryl methyl sites for hydroxylation is 2. The fourth-order valence-electron chi connectivity index (χ4n) is 9.21. The lowest BCUT2D eigenvalue weighted by atomic mass is 10.1. The Kier molecular flexibility index (Phi) is 27.9. The van der Waals surface area contributed by atoms with Crippen LogP contribution in [0.4, 0.5) is 38.4 Å². The molecule has 0 aliphatic rings. The van der Waals surface area contributed by atoms with Crippen LogP contribution in [0.3, 0.4) is 0 Å². The van der Waals surface area contributed by atoms with Crippen molar-refractivity contribution in [3.63, 3.8) is 0 Å². The number of benzene rings is 8. The fourth-order valence-corrected chi connectivity index (χ4v) is 13.9. The van der Waals surface area contributed by atoms with Crippen molar-refractivity contribution >= 4 is 131 Å². The minimum Gasteiger partial charge on any atom is -0.377 e. The Morgan fingerprint density at radius 2 is 0.901 bits per heavy atom. The molecule has 2 aromatic heterocycles. The third-order valence-electron chi connectivity index (χ3n) is 14.0. The van der Waals surface area contributed by atoms with E-state index in [1.807, 2.05) is 86.8 Å². The number of thiazole rings is 1. The predicted octanol–water partition coefficient (Wildman–Crippen LogP) is 15.4. The average molecular weight is 1490 g/mol. The molecule has 10 aromatic rings. The number of urea groups is 1. The van der Waals surface area contributed by atoms with Gasteiger partial charge in [-0.3, -0.25) is 41.0 Å². The first-order valence-electron chi connectivity index (χ1n) is 30.9. The van der Waals surface area contributed by atoms with E-state index in [1.54, 1.807) is 99.0 Å². The zero-order valence-corrected chi connectivity index (χ0v) is 60.9. The summed E-state index contributed by atoms with van der Waals surface area (Å²) in [5.41, 5.74) is 8.64. The highest BCUT2D eigenvalue weighted by atomic mass is 35.5. The summed E-state index contributed by atoms with van der Waals surface area (Å²) in [6.45, 7) is 11.8. The second-order valence-electron chi connectivity index (χ2n) is 21.4. The number of nitrogens with zero attached hydrogens (tertiary/aromatic N) is 3. The van der Waals surface area contributed by atoms with E-state index in [2.05, 4.69) is 36.6 Å². The average Bonchev–Trinajstić information content (AvgIpc) is 1.65. The monoisotopic (exact) mass is 1490 g/mol. The Morgan fingerprint density at radius 1 is 0.515 bits per heavy atom. The lowest BCUT2D eigenvalue weighted by Gasteiger charge is -2.17. The van der Waals surface area contributed by atoms with Gasteiger partial charge < -0.3 is 31.2 Å². The van der Waals surface area contributed by atoms with Gasteiger partial charge in [0.25, 0.3) is 17.7 Å². The fraction of sp³-hybridized carbons (Fsp3) is 0.188. The largest absolute Gasteiger partial charge is 0.377 e. The lowest BCUT2D eigenvalue weighted by molar-refractivity contribution is 0.101.